The van der Waals surface area contributed by atoms with Gasteiger partial charge in [0.15, 0.2) is 0 Å². The van der Waals surface area contributed by atoms with Gasteiger partial charge in [0.25, 0.3) is 0 Å². The van der Waals surface area contributed by atoms with Crippen molar-refractivity contribution in [2.45, 2.75) is 12.3 Å². The van der Waals surface area contributed by atoms with Crippen LogP contribution < -0.4 is 4.74 Å². The number of hydrogen-bond acceptors (Lipinski definition) is 3. The molecule has 0 fully saturated rings. The zero-order chi connectivity index (χ0) is 12.8. The topological polar surface area (TPSA) is 42.4 Å². The van der Waals surface area contributed by atoms with Crippen molar-refractivity contribution < 1.29 is 9.84 Å². The number of methoxy groups -OCH3 is 1. The van der Waals surface area contributed by atoms with E-state index >= 15 is 0 Å². The number of aromatic nitrogens is 1. The van der Waals surface area contributed by atoms with E-state index in [4.69, 9.17) is 4.74 Å². The van der Waals surface area contributed by atoms with E-state index in [-0.39, 0.29) is 12.5 Å². The van der Waals surface area contributed by atoms with Gasteiger partial charge in [-0.2, -0.15) is 0 Å². The Balaban J connectivity index is 2.12. The molecule has 1 aromatic carbocycles. The van der Waals surface area contributed by atoms with Crippen LogP contribution in [0.3, 0.4) is 0 Å². The Morgan fingerprint density at radius 3 is 2.56 bits per heavy atom. The highest BCUT2D eigenvalue weighted by molar-refractivity contribution is 5.30. The van der Waals surface area contributed by atoms with E-state index in [1.807, 2.05) is 42.6 Å². The molecule has 0 saturated heterocycles. The summed E-state index contributed by atoms with van der Waals surface area (Å²) in [6, 6.07) is 11.8. The highest BCUT2D eigenvalue weighted by atomic mass is 16.5. The van der Waals surface area contributed by atoms with Crippen LogP contribution >= 0.6 is 0 Å². The van der Waals surface area contributed by atoms with E-state index in [2.05, 4.69) is 4.98 Å². The molecule has 1 unspecified atom stereocenters. The average Bonchev–Trinajstić information content (AvgIpc) is 2.46. The molecule has 0 aliphatic heterocycles. The fourth-order valence-electron chi connectivity index (χ4n) is 1.97. The molecule has 1 heterocycles. The quantitative estimate of drug-likeness (QED) is 0.877. The standard InChI is InChI=1S/C15H17NO2/c1-18-15-6-4-13(5-7-15)14(11-17)9-12-3-2-8-16-10-12/h2-8,10,14,17H,9,11H2,1H3. The molecule has 0 aliphatic rings. The molecular formula is C15H17NO2. The zero-order valence-corrected chi connectivity index (χ0v) is 10.4. The van der Waals surface area contributed by atoms with Crippen LogP contribution in [0, 0.1) is 0 Å². The van der Waals surface area contributed by atoms with Crippen LogP contribution in [0.1, 0.15) is 17.0 Å². The molecule has 1 N–H and O–H groups in total. The minimum atomic E-state index is 0.0973. The third kappa shape index (κ3) is 3.08. The summed E-state index contributed by atoms with van der Waals surface area (Å²) in [5.41, 5.74) is 2.24. The first-order valence-electron chi connectivity index (χ1n) is 5.97. The van der Waals surface area contributed by atoms with Crippen molar-refractivity contribution in [2.24, 2.45) is 0 Å². The van der Waals surface area contributed by atoms with Gasteiger partial charge in [-0.1, -0.05) is 18.2 Å². The van der Waals surface area contributed by atoms with Crippen molar-refractivity contribution in [3.8, 4) is 5.75 Å². The Hall–Kier alpha value is -1.87. The van der Waals surface area contributed by atoms with Crippen LogP contribution in [0.25, 0.3) is 0 Å². The monoisotopic (exact) mass is 243 g/mol. The Labute approximate surface area is 107 Å². The van der Waals surface area contributed by atoms with Gasteiger partial charge >= 0.3 is 0 Å². The molecule has 18 heavy (non-hydrogen) atoms. The smallest absolute Gasteiger partial charge is 0.118 e. The third-order valence-electron chi connectivity index (χ3n) is 3.01. The van der Waals surface area contributed by atoms with E-state index in [9.17, 15) is 5.11 Å². The van der Waals surface area contributed by atoms with Crippen molar-refractivity contribution in [1.82, 2.24) is 4.98 Å². The van der Waals surface area contributed by atoms with Crippen LogP contribution in [0.15, 0.2) is 48.8 Å². The molecule has 3 nitrogen and oxygen atoms in total. The van der Waals surface area contributed by atoms with Crippen LogP contribution in [0.2, 0.25) is 0 Å². The maximum Gasteiger partial charge on any atom is 0.118 e. The summed E-state index contributed by atoms with van der Waals surface area (Å²) in [6.45, 7) is 0.126. The number of aliphatic hydroxyl groups excluding tert-OH is 1. The van der Waals surface area contributed by atoms with Crippen molar-refractivity contribution in [3.05, 3.63) is 59.9 Å². The van der Waals surface area contributed by atoms with Gasteiger partial charge in [-0.05, 0) is 35.7 Å². The molecule has 0 radical (unpaired) electrons. The van der Waals surface area contributed by atoms with E-state index < -0.39 is 0 Å². The van der Waals surface area contributed by atoms with E-state index in [1.54, 1.807) is 13.3 Å². The fraction of sp³-hybridized carbons (Fsp3) is 0.267. The summed E-state index contributed by atoms with van der Waals surface area (Å²) < 4.78 is 5.13. The second kappa shape index (κ2) is 6.17. The Morgan fingerprint density at radius 1 is 1.22 bits per heavy atom. The van der Waals surface area contributed by atoms with Gasteiger partial charge in [0.1, 0.15) is 5.75 Å². The number of hydrogen-bond donors (Lipinski definition) is 1. The maximum absolute atomic E-state index is 9.52. The van der Waals surface area contributed by atoms with Gasteiger partial charge in [0, 0.05) is 18.3 Å². The predicted octanol–water partition coefficient (Wildman–Crippen LogP) is 2.41. The summed E-state index contributed by atoms with van der Waals surface area (Å²) in [4.78, 5) is 4.09. The third-order valence-corrected chi connectivity index (χ3v) is 3.01. The van der Waals surface area contributed by atoms with Gasteiger partial charge in [-0.3, -0.25) is 4.98 Å². The Morgan fingerprint density at radius 2 is 2.00 bits per heavy atom. The summed E-state index contributed by atoms with van der Waals surface area (Å²) in [5.74, 6) is 0.928. The number of benzene rings is 1. The minimum Gasteiger partial charge on any atom is -0.497 e. The largest absolute Gasteiger partial charge is 0.497 e. The SMILES string of the molecule is COc1ccc(C(CO)Cc2cccnc2)cc1. The average molecular weight is 243 g/mol. The van der Waals surface area contributed by atoms with Crippen LogP contribution in [0.5, 0.6) is 5.75 Å². The highest BCUT2D eigenvalue weighted by Crippen LogP contribution is 2.22. The molecule has 3 heteroatoms. The molecule has 2 aromatic rings. The lowest BCUT2D eigenvalue weighted by molar-refractivity contribution is 0.264. The summed E-state index contributed by atoms with van der Waals surface area (Å²) in [5, 5.41) is 9.52. The van der Waals surface area contributed by atoms with Crippen LogP contribution in [-0.2, 0) is 6.42 Å². The number of nitrogens with zero attached hydrogens (tertiary/aromatic N) is 1. The van der Waals surface area contributed by atoms with Crippen LogP contribution in [-0.4, -0.2) is 23.8 Å². The normalized spacial score (nSPS) is 12.1. The van der Waals surface area contributed by atoms with E-state index in [0.717, 1.165) is 23.3 Å². The lowest BCUT2D eigenvalue weighted by atomic mass is 9.93. The first kappa shape index (κ1) is 12.6. The van der Waals surface area contributed by atoms with Gasteiger partial charge in [-0.15, -0.1) is 0 Å². The molecule has 0 aliphatic carbocycles. The second-order valence-corrected chi connectivity index (χ2v) is 4.22. The molecule has 0 spiro atoms. The number of pyridine rings is 1. The van der Waals surface area contributed by atoms with Crippen LogP contribution in [0.4, 0.5) is 0 Å². The van der Waals surface area contributed by atoms with Gasteiger partial charge in [0.2, 0.25) is 0 Å². The Bertz CT molecular complexity index is 468. The first-order chi connectivity index (χ1) is 8.83. The van der Waals surface area contributed by atoms with Crippen molar-refractivity contribution in [1.29, 1.82) is 0 Å². The summed E-state index contributed by atoms with van der Waals surface area (Å²) >= 11 is 0. The lowest BCUT2D eigenvalue weighted by Gasteiger charge is -2.15. The number of rotatable bonds is 5. The van der Waals surface area contributed by atoms with Crippen molar-refractivity contribution in [3.63, 3.8) is 0 Å². The highest BCUT2D eigenvalue weighted by Gasteiger charge is 2.11. The number of aliphatic hydroxyl groups is 1. The second-order valence-electron chi connectivity index (χ2n) is 4.22. The predicted molar refractivity (Wildman–Crippen MR) is 70.8 cm³/mol. The molecule has 1 atom stereocenters. The minimum absolute atomic E-state index is 0.0973. The first-order valence-corrected chi connectivity index (χ1v) is 5.97. The lowest BCUT2D eigenvalue weighted by Crippen LogP contribution is -2.07. The van der Waals surface area contributed by atoms with E-state index in [0.29, 0.717) is 0 Å². The fourth-order valence-corrected chi connectivity index (χ4v) is 1.97. The molecule has 2 rings (SSSR count). The molecular weight excluding hydrogens is 226 g/mol. The summed E-state index contributed by atoms with van der Waals surface area (Å²) in [7, 11) is 1.65. The van der Waals surface area contributed by atoms with E-state index in [1.165, 1.54) is 0 Å². The maximum atomic E-state index is 9.52. The van der Waals surface area contributed by atoms with Crippen molar-refractivity contribution in [2.75, 3.05) is 13.7 Å². The Kier molecular flexibility index (Phi) is 4.31. The van der Waals surface area contributed by atoms with Gasteiger partial charge in [-0.25, -0.2) is 0 Å². The van der Waals surface area contributed by atoms with Gasteiger partial charge in [0.05, 0.1) is 13.7 Å². The molecule has 0 bridgehead atoms. The van der Waals surface area contributed by atoms with Crippen molar-refractivity contribution >= 4 is 0 Å². The van der Waals surface area contributed by atoms with Gasteiger partial charge < -0.3 is 9.84 Å². The zero-order valence-electron chi connectivity index (χ0n) is 10.4. The molecule has 0 amide bonds. The molecule has 0 saturated carbocycles. The number of ether oxygens (including phenoxy) is 1. The summed E-state index contributed by atoms with van der Waals surface area (Å²) in [6.07, 6.45) is 4.38. The molecule has 94 valence electrons. The molecule has 1 aromatic heterocycles.